The summed E-state index contributed by atoms with van der Waals surface area (Å²) >= 11 is 1.62. The van der Waals surface area contributed by atoms with Crippen molar-refractivity contribution in [3.05, 3.63) is 22.4 Å². The van der Waals surface area contributed by atoms with Crippen molar-refractivity contribution < 1.29 is 14.7 Å². The highest BCUT2D eigenvalue weighted by atomic mass is 32.1. The normalized spacial score (nSPS) is 14.2. The molecule has 116 valence electrons. The fraction of sp³-hybridized carbons (Fsp3) is 0.600. The van der Waals surface area contributed by atoms with E-state index in [1.807, 2.05) is 30.2 Å². The highest BCUT2D eigenvalue weighted by molar-refractivity contribution is 7.07. The van der Waals surface area contributed by atoms with Crippen molar-refractivity contribution in [2.75, 3.05) is 6.54 Å². The lowest BCUT2D eigenvalue weighted by molar-refractivity contribution is -0.137. The van der Waals surface area contributed by atoms with Gasteiger partial charge in [0.05, 0.1) is 6.42 Å². The molecule has 1 N–H and O–H groups in total. The topological polar surface area (TPSA) is 60.9 Å². The molecule has 1 aromatic heterocycles. The van der Waals surface area contributed by atoms with Crippen molar-refractivity contribution in [3.8, 4) is 0 Å². The molecular weight excluding hydrogens is 288 g/mol. The van der Waals surface area contributed by atoms with Crippen LogP contribution in [0.25, 0.3) is 0 Å². The van der Waals surface area contributed by atoms with Crippen molar-refractivity contribution in [3.63, 3.8) is 0 Å². The number of nitrogens with zero attached hydrogens (tertiary/aromatic N) is 2. The van der Waals surface area contributed by atoms with Gasteiger partial charge in [0.15, 0.2) is 0 Å². The molecule has 0 spiro atoms. The molecule has 0 aromatic carbocycles. The van der Waals surface area contributed by atoms with Crippen molar-refractivity contribution in [1.29, 1.82) is 0 Å². The van der Waals surface area contributed by atoms with Crippen LogP contribution >= 0.6 is 11.3 Å². The molecule has 0 atom stereocenters. The van der Waals surface area contributed by atoms with Gasteiger partial charge in [-0.2, -0.15) is 11.3 Å². The van der Waals surface area contributed by atoms with Gasteiger partial charge in [-0.05, 0) is 49.1 Å². The van der Waals surface area contributed by atoms with Crippen LogP contribution in [-0.2, 0) is 11.3 Å². The van der Waals surface area contributed by atoms with E-state index in [-0.39, 0.29) is 25.0 Å². The number of hydrogen-bond acceptors (Lipinski definition) is 3. The minimum atomic E-state index is -0.871. The number of urea groups is 1. The molecule has 1 aliphatic rings. The van der Waals surface area contributed by atoms with Crippen molar-refractivity contribution in [2.45, 2.75) is 51.7 Å². The summed E-state index contributed by atoms with van der Waals surface area (Å²) in [6, 6.07) is 2.30. The minimum Gasteiger partial charge on any atom is -0.481 e. The van der Waals surface area contributed by atoms with Crippen molar-refractivity contribution in [1.82, 2.24) is 9.80 Å². The largest absolute Gasteiger partial charge is 0.481 e. The third-order valence-electron chi connectivity index (χ3n) is 3.60. The molecule has 5 nitrogen and oxygen atoms in total. The van der Waals surface area contributed by atoms with Crippen LogP contribution in [0.4, 0.5) is 4.79 Å². The smallest absolute Gasteiger partial charge is 0.320 e. The van der Waals surface area contributed by atoms with Gasteiger partial charge in [0, 0.05) is 25.2 Å². The Kier molecular flexibility index (Phi) is 5.22. The summed E-state index contributed by atoms with van der Waals surface area (Å²) < 4.78 is 0. The fourth-order valence-electron chi connectivity index (χ4n) is 2.27. The molecule has 1 heterocycles. The van der Waals surface area contributed by atoms with Gasteiger partial charge < -0.3 is 14.9 Å². The van der Waals surface area contributed by atoms with Gasteiger partial charge in [-0.3, -0.25) is 4.79 Å². The summed E-state index contributed by atoms with van der Waals surface area (Å²) in [6.45, 7) is 4.73. The molecule has 0 saturated heterocycles. The van der Waals surface area contributed by atoms with E-state index >= 15 is 0 Å². The standard InChI is InChI=1S/C15H22N2O3S/c1-11(2)16(7-5-14(18)19)15(20)17(13-3-4-13)9-12-6-8-21-10-12/h6,8,10-11,13H,3-5,7,9H2,1-2H3,(H,18,19). The highest BCUT2D eigenvalue weighted by Gasteiger charge is 2.35. The number of rotatable bonds is 7. The van der Waals surface area contributed by atoms with Crippen LogP contribution in [0.3, 0.4) is 0 Å². The Bertz CT molecular complexity index is 483. The lowest BCUT2D eigenvalue weighted by atomic mass is 10.2. The monoisotopic (exact) mass is 310 g/mol. The first-order chi connectivity index (χ1) is 9.99. The predicted octanol–water partition coefficient (Wildman–Crippen LogP) is 3.02. The summed E-state index contributed by atoms with van der Waals surface area (Å²) in [5, 5.41) is 12.9. The Morgan fingerprint density at radius 1 is 1.43 bits per heavy atom. The molecule has 0 bridgehead atoms. The maximum absolute atomic E-state index is 12.8. The fourth-order valence-corrected chi connectivity index (χ4v) is 2.93. The molecule has 0 aliphatic heterocycles. The zero-order chi connectivity index (χ0) is 15.4. The molecule has 2 amide bonds. The van der Waals surface area contributed by atoms with Gasteiger partial charge >= 0.3 is 12.0 Å². The SMILES string of the molecule is CC(C)N(CCC(=O)O)C(=O)N(Cc1ccsc1)C1CC1. The van der Waals surface area contributed by atoms with Gasteiger partial charge in [0.1, 0.15) is 0 Å². The molecule has 1 aromatic rings. The minimum absolute atomic E-state index is 0.000532. The molecule has 1 fully saturated rings. The number of amides is 2. The molecule has 2 rings (SSSR count). The van der Waals surface area contributed by atoms with Crippen molar-refractivity contribution in [2.24, 2.45) is 0 Å². The van der Waals surface area contributed by atoms with Crippen LogP contribution in [-0.4, -0.2) is 45.5 Å². The van der Waals surface area contributed by atoms with Crippen LogP contribution in [0, 0.1) is 0 Å². The lowest BCUT2D eigenvalue weighted by Crippen LogP contribution is -2.47. The highest BCUT2D eigenvalue weighted by Crippen LogP contribution is 2.30. The van der Waals surface area contributed by atoms with Gasteiger partial charge in [-0.25, -0.2) is 4.79 Å². The number of thiophene rings is 1. The number of carboxylic acids is 1. The summed E-state index contributed by atoms with van der Waals surface area (Å²) in [4.78, 5) is 27.1. The summed E-state index contributed by atoms with van der Waals surface area (Å²) in [5.41, 5.74) is 1.14. The first-order valence-electron chi connectivity index (χ1n) is 7.29. The van der Waals surface area contributed by atoms with E-state index in [0.29, 0.717) is 12.6 Å². The third kappa shape index (κ3) is 4.46. The number of carboxylic acid groups (broad SMARTS) is 1. The quantitative estimate of drug-likeness (QED) is 0.842. The van der Waals surface area contributed by atoms with Gasteiger partial charge in [0.2, 0.25) is 0 Å². The van der Waals surface area contributed by atoms with E-state index in [0.717, 1.165) is 18.4 Å². The number of aliphatic carboxylic acids is 1. The average Bonchev–Trinajstić information content (AvgIpc) is 3.12. The van der Waals surface area contributed by atoms with E-state index in [1.54, 1.807) is 16.2 Å². The molecule has 1 saturated carbocycles. The average molecular weight is 310 g/mol. The Morgan fingerprint density at radius 3 is 2.62 bits per heavy atom. The first-order valence-corrected chi connectivity index (χ1v) is 8.23. The van der Waals surface area contributed by atoms with Crippen LogP contribution in [0.1, 0.15) is 38.7 Å². The summed E-state index contributed by atoms with van der Waals surface area (Å²) in [7, 11) is 0. The Labute approximate surface area is 129 Å². The van der Waals surface area contributed by atoms with Gasteiger partial charge in [-0.1, -0.05) is 0 Å². The Hall–Kier alpha value is -1.56. The molecule has 1 aliphatic carbocycles. The molecule has 21 heavy (non-hydrogen) atoms. The number of hydrogen-bond donors (Lipinski definition) is 1. The van der Waals surface area contributed by atoms with Crippen LogP contribution < -0.4 is 0 Å². The van der Waals surface area contributed by atoms with E-state index in [9.17, 15) is 9.59 Å². The Morgan fingerprint density at radius 2 is 2.14 bits per heavy atom. The van der Waals surface area contributed by atoms with Gasteiger partial charge in [-0.15, -0.1) is 0 Å². The van der Waals surface area contributed by atoms with Crippen LogP contribution in [0.5, 0.6) is 0 Å². The van der Waals surface area contributed by atoms with E-state index in [2.05, 4.69) is 5.38 Å². The summed E-state index contributed by atoms with van der Waals surface area (Å²) in [6.07, 6.45) is 2.07. The van der Waals surface area contributed by atoms with E-state index in [4.69, 9.17) is 5.11 Å². The number of carbonyl (C=O) groups is 2. The second-order valence-corrected chi connectivity index (χ2v) is 6.48. The molecule has 6 heteroatoms. The maximum atomic E-state index is 12.8. The predicted molar refractivity (Wildman–Crippen MR) is 82.4 cm³/mol. The molecule has 0 unspecified atom stereocenters. The zero-order valence-corrected chi connectivity index (χ0v) is 13.3. The zero-order valence-electron chi connectivity index (χ0n) is 12.5. The van der Waals surface area contributed by atoms with E-state index < -0.39 is 5.97 Å². The van der Waals surface area contributed by atoms with Crippen LogP contribution in [0.2, 0.25) is 0 Å². The van der Waals surface area contributed by atoms with E-state index in [1.165, 1.54) is 0 Å². The van der Waals surface area contributed by atoms with Crippen LogP contribution in [0.15, 0.2) is 16.8 Å². The maximum Gasteiger partial charge on any atom is 0.320 e. The third-order valence-corrected chi connectivity index (χ3v) is 4.33. The van der Waals surface area contributed by atoms with Crippen molar-refractivity contribution >= 4 is 23.3 Å². The molecule has 0 radical (unpaired) electrons. The second-order valence-electron chi connectivity index (χ2n) is 5.70. The second kappa shape index (κ2) is 6.93. The lowest BCUT2D eigenvalue weighted by Gasteiger charge is -2.33. The van der Waals surface area contributed by atoms with Gasteiger partial charge in [0.25, 0.3) is 0 Å². The Balaban J connectivity index is 2.05. The summed E-state index contributed by atoms with van der Waals surface area (Å²) in [5.74, 6) is -0.871. The first kappa shape index (κ1) is 15.8. The number of carbonyl (C=O) groups excluding carboxylic acids is 1. The molecular formula is C15H22N2O3S.